The molecule has 9 heteroatoms. The van der Waals surface area contributed by atoms with Gasteiger partial charge in [0.2, 0.25) is 5.95 Å². The number of aliphatic hydroxyl groups is 1. The molecule has 0 aliphatic carbocycles. The second-order valence-corrected chi connectivity index (χ2v) is 9.22. The molecule has 0 unspecified atom stereocenters. The number of carbonyl (C=O) groups is 1. The Morgan fingerprint density at radius 1 is 1.27 bits per heavy atom. The highest BCUT2D eigenvalue weighted by Crippen LogP contribution is 2.40. The van der Waals surface area contributed by atoms with Gasteiger partial charge in [-0.2, -0.15) is 0 Å². The number of aliphatic hydroxyl groups excluding tert-OH is 1. The summed E-state index contributed by atoms with van der Waals surface area (Å²) in [4.78, 5) is 29.2. The highest BCUT2D eigenvalue weighted by atomic mass is 32.1. The van der Waals surface area contributed by atoms with Gasteiger partial charge in [0, 0.05) is 53.9 Å². The second kappa shape index (κ2) is 10.3. The summed E-state index contributed by atoms with van der Waals surface area (Å²) in [5.41, 5.74) is 3.53. The van der Waals surface area contributed by atoms with Gasteiger partial charge in [0.1, 0.15) is 5.75 Å². The van der Waals surface area contributed by atoms with Crippen LogP contribution in [0.2, 0.25) is 0 Å². The number of thiazole rings is 1. The van der Waals surface area contributed by atoms with Gasteiger partial charge in [-0.3, -0.25) is 4.79 Å². The number of benzene rings is 1. The van der Waals surface area contributed by atoms with E-state index in [1.54, 1.807) is 17.3 Å². The average molecular weight is 468 g/mol. The Morgan fingerprint density at radius 3 is 2.76 bits per heavy atom. The van der Waals surface area contributed by atoms with Gasteiger partial charge in [-0.1, -0.05) is 13.0 Å². The number of ether oxygens (including phenoxy) is 1. The maximum atomic E-state index is 13.0. The SMILES string of the molecule is CCCNc1ncc(-c2ccc3c(c2)OCCc2sc(C(=O)N(CCO)C(C)C)nc2-3)cn1. The van der Waals surface area contributed by atoms with Crippen LogP contribution in [0.25, 0.3) is 22.4 Å². The van der Waals surface area contributed by atoms with Crippen LogP contribution in [0.1, 0.15) is 41.9 Å². The minimum absolute atomic E-state index is 0.0164. The van der Waals surface area contributed by atoms with Crippen molar-refractivity contribution in [3.8, 4) is 28.1 Å². The van der Waals surface area contributed by atoms with Crippen molar-refractivity contribution >= 4 is 23.2 Å². The van der Waals surface area contributed by atoms with Crippen LogP contribution >= 0.6 is 11.3 Å². The van der Waals surface area contributed by atoms with Crippen LogP contribution in [0, 0.1) is 0 Å². The fourth-order valence-corrected chi connectivity index (χ4v) is 4.74. The third-order valence-corrected chi connectivity index (χ3v) is 6.55. The van der Waals surface area contributed by atoms with Gasteiger partial charge in [0.05, 0.1) is 18.9 Å². The molecule has 8 nitrogen and oxygen atoms in total. The molecular formula is C24H29N5O3S. The fraction of sp³-hybridized carbons (Fsp3) is 0.417. The zero-order valence-corrected chi connectivity index (χ0v) is 20.0. The van der Waals surface area contributed by atoms with E-state index in [1.807, 2.05) is 32.0 Å². The molecule has 2 aromatic heterocycles. The normalized spacial score (nSPS) is 12.5. The predicted octanol–water partition coefficient (Wildman–Crippen LogP) is 3.87. The van der Waals surface area contributed by atoms with E-state index < -0.39 is 0 Å². The average Bonchev–Trinajstić information content (AvgIpc) is 3.17. The lowest BCUT2D eigenvalue weighted by molar-refractivity contribution is 0.0665. The number of carbonyl (C=O) groups excluding carboxylic acids is 1. The summed E-state index contributed by atoms with van der Waals surface area (Å²) in [5.74, 6) is 1.21. The van der Waals surface area contributed by atoms with Gasteiger partial charge in [0.25, 0.3) is 5.91 Å². The third kappa shape index (κ3) is 4.99. The Bertz CT molecular complexity index is 1110. The van der Waals surface area contributed by atoms with E-state index >= 15 is 0 Å². The Morgan fingerprint density at radius 2 is 2.06 bits per heavy atom. The maximum absolute atomic E-state index is 13.0. The molecule has 0 spiro atoms. The van der Waals surface area contributed by atoms with E-state index in [4.69, 9.17) is 9.72 Å². The zero-order chi connectivity index (χ0) is 23.4. The maximum Gasteiger partial charge on any atom is 0.283 e. The van der Waals surface area contributed by atoms with E-state index in [2.05, 4.69) is 22.2 Å². The summed E-state index contributed by atoms with van der Waals surface area (Å²) in [6.07, 6.45) is 5.30. The second-order valence-electron chi connectivity index (χ2n) is 8.14. The topological polar surface area (TPSA) is 100 Å². The van der Waals surface area contributed by atoms with Crippen molar-refractivity contribution in [1.29, 1.82) is 0 Å². The first-order valence-electron chi connectivity index (χ1n) is 11.3. The summed E-state index contributed by atoms with van der Waals surface area (Å²) in [7, 11) is 0. The summed E-state index contributed by atoms with van der Waals surface area (Å²) in [5, 5.41) is 13.0. The number of hydrogen-bond acceptors (Lipinski definition) is 8. The lowest BCUT2D eigenvalue weighted by Gasteiger charge is -2.24. The van der Waals surface area contributed by atoms with Crippen LogP contribution in [-0.2, 0) is 6.42 Å². The summed E-state index contributed by atoms with van der Waals surface area (Å²) >= 11 is 1.41. The first kappa shape index (κ1) is 23.1. The standard InChI is InChI=1S/C24H29N5O3S/c1-4-8-25-24-26-13-17(14-27-24)16-5-6-18-19(12-16)32-11-7-20-21(18)28-22(33-20)23(31)29(9-10-30)15(2)3/h5-6,12-15,30H,4,7-11H2,1-3H3,(H,25,26,27). The van der Waals surface area contributed by atoms with Crippen molar-refractivity contribution in [2.75, 3.05) is 31.6 Å². The smallest absolute Gasteiger partial charge is 0.283 e. The van der Waals surface area contributed by atoms with E-state index in [-0.39, 0.29) is 18.6 Å². The van der Waals surface area contributed by atoms with E-state index in [0.29, 0.717) is 30.5 Å². The molecule has 4 rings (SSSR count). The van der Waals surface area contributed by atoms with E-state index in [0.717, 1.165) is 46.0 Å². The van der Waals surface area contributed by atoms with Crippen molar-refractivity contribution < 1.29 is 14.6 Å². The first-order chi connectivity index (χ1) is 16.0. The number of nitrogens with one attached hydrogen (secondary N) is 1. The monoisotopic (exact) mass is 467 g/mol. The molecule has 33 heavy (non-hydrogen) atoms. The Kier molecular flexibility index (Phi) is 7.20. The number of aromatic nitrogens is 3. The first-order valence-corrected chi connectivity index (χ1v) is 12.1. The zero-order valence-electron chi connectivity index (χ0n) is 19.2. The summed E-state index contributed by atoms with van der Waals surface area (Å²) in [6, 6.07) is 5.95. The van der Waals surface area contributed by atoms with Gasteiger partial charge < -0.3 is 20.1 Å². The number of anilines is 1. The Balaban J connectivity index is 1.63. The van der Waals surface area contributed by atoms with E-state index in [1.165, 1.54) is 11.3 Å². The minimum atomic E-state index is -0.148. The molecule has 1 aliphatic rings. The number of hydrogen-bond donors (Lipinski definition) is 2. The Labute approximate surface area is 197 Å². The number of nitrogens with zero attached hydrogens (tertiary/aromatic N) is 4. The molecular weight excluding hydrogens is 438 g/mol. The molecule has 174 valence electrons. The lowest BCUT2D eigenvalue weighted by Crippen LogP contribution is -2.38. The van der Waals surface area contributed by atoms with Gasteiger partial charge in [-0.25, -0.2) is 15.0 Å². The van der Waals surface area contributed by atoms with Crippen LogP contribution in [-0.4, -0.2) is 63.2 Å². The molecule has 1 aliphatic heterocycles. The molecule has 3 aromatic rings. The lowest BCUT2D eigenvalue weighted by atomic mass is 10.0. The molecule has 3 heterocycles. The van der Waals surface area contributed by atoms with Crippen LogP contribution in [0.3, 0.4) is 0 Å². The molecule has 0 atom stereocenters. The molecule has 1 amide bonds. The van der Waals surface area contributed by atoms with Crippen LogP contribution < -0.4 is 10.1 Å². The molecule has 0 bridgehead atoms. The van der Waals surface area contributed by atoms with Gasteiger partial charge in [-0.15, -0.1) is 11.3 Å². The van der Waals surface area contributed by atoms with Crippen LogP contribution in [0.4, 0.5) is 5.95 Å². The largest absolute Gasteiger partial charge is 0.492 e. The van der Waals surface area contributed by atoms with Crippen molar-refractivity contribution in [2.24, 2.45) is 0 Å². The van der Waals surface area contributed by atoms with Crippen molar-refractivity contribution in [3.05, 3.63) is 40.5 Å². The predicted molar refractivity (Wildman–Crippen MR) is 130 cm³/mol. The number of rotatable bonds is 8. The minimum Gasteiger partial charge on any atom is -0.492 e. The molecule has 2 N–H and O–H groups in total. The van der Waals surface area contributed by atoms with Crippen molar-refractivity contribution in [3.63, 3.8) is 0 Å². The Hall–Kier alpha value is -3.04. The summed E-state index contributed by atoms with van der Waals surface area (Å²) < 4.78 is 6.04. The fourth-order valence-electron chi connectivity index (χ4n) is 3.72. The van der Waals surface area contributed by atoms with Gasteiger partial charge in [0.15, 0.2) is 5.01 Å². The summed E-state index contributed by atoms with van der Waals surface area (Å²) in [6.45, 7) is 7.53. The highest BCUT2D eigenvalue weighted by molar-refractivity contribution is 7.14. The van der Waals surface area contributed by atoms with Crippen LogP contribution in [0.15, 0.2) is 30.6 Å². The quantitative estimate of drug-likeness (QED) is 0.519. The van der Waals surface area contributed by atoms with Crippen LogP contribution in [0.5, 0.6) is 5.75 Å². The highest BCUT2D eigenvalue weighted by Gasteiger charge is 2.26. The molecule has 0 saturated heterocycles. The van der Waals surface area contributed by atoms with E-state index in [9.17, 15) is 9.90 Å². The van der Waals surface area contributed by atoms with Gasteiger partial charge in [-0.05, 0) is 38.0 Å². The number of fused-ring (bicyclic) bond motifs is 3. The third-order valence-electron chi connectivity index (χ3n) is 5.45. The molecule has 0 saturated carbocycles. The van der Waals surface area contributed by atoms with Crippen molar-refractivity contribution in [2.45, 2.75) is 39.7 Å². The molecule has 0 fully saturated rings. The van der Waals surface area contributed by atoms with Gasteiger partial charge >= 0.3 is 0 Å². The van der Waals surface area contributed by atoms with Crippen molar-refractivity contribution in [1.82, 2.24) is 19.9 Å². The molecule has 0 radical (unpaired) electrons. The number of amides is 1. The molecule has 1 aromatic carbocycles.